The van der Waals surface area contributed by atoms with Crippen LogP contribution < -0.4 is 0 Å². The van der Waals surface area contributed by atoms with Gasteiger partial charge in [0.1, 0.15) is 11.4 Å². The lowest BCUT2D eigenvalue weighted by molar-refractivity contribution is 0.0544. The average Bonchev–Trinajstić information content (AvgIpc) is 3.16. The van der Waals surface area contributed by atoms with Crippen LogP contribution in [0.15, 0.2) is 47.8 Å². The summed E-state index contributed by atoms with van der Waals surface area (Å²) in [6.07, 6.45) is 3.29. The Morgan fingerprint density at radius 1 is 1.00 bits per heavy atom. The Hall–Kier alpha value is -2.87. The molecule has 0 unspecified atom stereocenters. The van der Waals surface area contributed by atoms with Crippen molar-refractivity contribution in [2.45, 2.75) is 31.4 Å². The van der Waals surface area contributed by atoms with E-state index in [9.17, 15) is 26.0 Å². The molecule has 0 radical (unpaired) electrons. The molecule has 0 spiro atoms. The summed E-state index contributed by atoms with van der Waals surface area (Å²) in [6.45, 7) is 5.35. The molecule has 2 aromatic heterocycles. The van der Waals surface area contributed by atoms with E-state index in [-0.39, 0.29) is 31.2 Å². The van der Waals surface area contributed by atoms with Crippen molar-refractivity contribution in [1.82, 2.24) is 18.2 Å². The number of hydrogen-bond acceptors (Lipinski definition) is 7. The smallest absolute Gasteiger partial charge is 0.419 e. The molecular weight excluding hydrogens is 511 g/mol. The third-order valence-corrected chi connectivity index (χ3v) is 8.79. The summed E-state index contributed by atoms with van der Waals surface area (Å²) in [7, 11) is -7.33. The van der Waals surface area contributed by atoms with Crippen LogP contribution in [0.25, 0.3) is 22.0 Å². The zero-order valence-corrected chi connectivity index (χ0v) is 21.9. The van der Waals surface area contributed by atoms with Gasteiger partial charge in [-0.2, -0.15) is 8.61 Å². The van der Waals surface area contributed by atoms with Crippen LogP contribution in [0.2, 0.25) is 0 Å². The van der Waals surface area contributed by atoms with Gasteiger partial charge in [-0.15, -0.1) is 0 Å². The number of hydrogen-bond donors (Lipinski definition) is 0. The zero-order valence-electron chi connectivity index (χ0n) is 20.3. The predicted molar refractivity (Wildman–Crippen MR) is 132 cm³/mol. The normalized spacial score (nSPS) is 16.4. The Balaban J connectivity index is 1.64. The summed E-state index contributed by atoms with van der Waals surface area (Å²) < 4.78 is 72.6. The lowest BCUT2D eigenvalue weighted by Crippen LogP contribution is -2.50. The van der Waals surface area contributed by atoms with E-state index in [0.717, 1.165) is 6.26 Å². The van der Waals surface area contributed by atoms with E-state index in [1.165, 1.54) is 49.8 Å². The first-order valence-electron chi connectivity index (χ1n) is 11.1. The summed E-state index contributed by atoms with van der Waals surface area (Å²) in [5.41, 5.74) is 0.620. The molecule has 194 valence electrons. The number of benzene rings is 1. The minimum atomic E-state index is -3.93. The fourth-order valence-corrected chi connectivity index (χ4v) is 6.12. The second kappa shape index (κ2) is 9.21. The molecule has 36 heavy (non-hydrogen) atoms. The molecule has 0 aliphatic carbocycles. The minimum absolute atomic E-state index is 0.0216. The van der Waals surface area contributed by atoms with E-state index in [4.69, 9.17) is 4.74 Å². The van der Waals surface area contributed by atoms with Gasteiger partial charge in [-0.05, 0) is 51.1 Å². The van der Waals surface area contributed by atoms with Gasteiger partial charge in [0, 0.05) is 55.1 Å². The van der Waals surface area contributed by atoms with Crippen LogP contribution in [-0.2, 0) is 24.8 Å². The summed E-state index contributed by atoms with van der Waals surface area (Å²) in [5.74, 6) is -0.521. The monoisotopic (exact) mass is 538 g/mol. The molecule has 0 amide bonds. The highest BCUT2D eigenvalue weighted by atomic mass is 32.2. The second-order valence-electron chi connectivity index (χ2n) is 9.51. The number of aromatic nitrogens is 2. The fraction of sp³-hybridized carbons (Fsp3) is 0.391. The zero-order chi connectivity index (χ0) is 26.5. The second-order valence-corrected chi connectivity index (χ2v) is 13.4. The van der Waals surface area contributed by atoms with Crippen molar-refractivity contribution in [2.24, 2.45) is 0 Å². The molecule has 1 fully saturated rings. The summed E-state index contributed by atoms with van der Waals surface area (Å²) in [4.78, 5) is 16.9. The third kappa shape index (κ3) is 5.28. The standard InChI is InChI=1S/C23H27FN4O6S2/c1-23(2,3)34-22(29)28-15-19(18-7-6-17(24)13-20(18)28)16-5-8-21(25-14-16)36(32,33)27-11-9-26(10-12-27)35(4,30)31/h5-8,13-15H,9-12H2,1-4H3. The molecule has 3 heterocycles. The number of piperazine rings is 1. The van der Waals surface area contributed by atoms with Gasteiger partial charge in [-0.1, -0.05) is 0 Å². The highest BCUT2D eigenvalue weighted by Gasteiger charge is 2.32. The van der Waals surface area contributed by atoms with Crippen LogP contribution in [0.3, 0.4) is 0 Å². The van der Waals surface area contributed by atoms with E-state index in [1.807, 2.05) is 0 Å². The maximum atomic E-state index is 14.0. The maximum absolute atomic E-state index is 14.0. The molecule has 0 atom stereocenters. The quantitative estimate of drug-likeness (QED) is 0.501. The van der Waals surface area contributed by atoms with Crippen LogP contribution in [0, 0.1) is 5.82 Å². The average molecular weight is 539 g/mol. The first-order chi connectivity index (χ1) is 16.7. The van der Waals surface area contributed by atoms with Crippen LogP contribution in [0.4, 0.5) is 9.18 Å². The number of carbonyl (C=O) groups is 1. The van der Waals surface area contributed by atoms with E-state index >= 15 is 0 Å². The molecule has 4 rings (SSSR count). The molecule has 0 N–H and O–H groups in total. The largest absolute Gasteiger partial charge is 0.443 e. The Labute approximate surface area is 209 Å². The van der Waals surface area contributed by atoms with Crippen molar-refractivity contribution in [1.29, 1.82) is 0 Å². The van der Waals surface area contributed by atoms with Crippen molar-refractivity contribution < 1.29 is 30.8 Å². The molecule has 1 saturated heterocycles. The summed E-state index contributed by atoms with van der Waals surface area (Å²) in [6, 6.07) is 6.95. The molecule has 0 saturated carbocycles. The van der Waals surface area contributed by atoms with Crippen molar-refractivity contribution in [2.75, 3.05) is 32.4 Å². The van der Waals surface area contributed by atoms with Gasteiger partial charge in [-0.25, -0.2) is 31.0 Å². The van der Waals surface area contributed by atoms with Gasteiger partial charge in [-0.3, -0.25) is 4.57 Å². The fourth-order valence-electron chi connectivity index (χ4n) is 3.96. The molecule has 0 bridgehead atoms. The highest BCUT2D eigenvalue weighted by Crippen LogP contribution is 2.32. The van der Waals surface area contributed by atoms with Gasteiger partial charge in [0.05, 0.1) is 11.8 Å². The van der Waals surface area contributed by atoms with E-state index < -0.39 is 37.6 Å². The highest BCUT2D eigenvalue weighted by molar-refractivity contribution is 7.89. The molecule has 1 aliphatic rings. The van der Waals surface area contributed by atoms with E-state index in [2.05, 4.69) is 4.98 Å². The Morgan fingerprint density at radius 2 is 1.64 bits per heavy atom. The number of pyridine rings is 1. The van der Waals surface area contributed by atoms with Crippen LogP contribution in [0.1, 0.15) is 20.8 Å². The molecule has 3 aromatic rings. The van der Waals surface area contributed by atoms with Crippen molar-refractivity contribution in [3.8, 4) is 11.1 Å². The van der Waals surface area contributed by atoms with Gasteiger partial charge in [0.25, 0.3) is 10.0 Å². The lowest BCUT2D eigenvalue weighted by atomic mass is 10.1. The van der Waals surface area contributed by atoms with Crippen molar-refractivity contribution in [3.63, 3.8) is 0 Å². The number of ether oxygens (including phenoxy) is 1. The maximum Gasteiger partial charge on any atom is 0.419 e. The van der Waals surface area contributed by atoms with Gasteiger partial charge in [0.2, 0.25) is 10.0 Å². The molecule has 13 heteroatoms. The third-order valence-electron chi connectivity index (χ3n) is 5.68. The van der Waals surface area contributed by atoms with Crippen molar-refractivity contribution >= 4 is 37.0 Å². The summed E-state index contributed by atoms with van der Waals surface area (Å²) >= 11 is 0. The molecule has 1 aliphatic heterocycles. The predicted octanol–water partition coefficient (Wildman–Crippen LogP) is 2.89. The topological polar surface area (TPSA) is 119 Å². The SMILES string of the molecule is CC(C)(C)OC(=O)n1cc(-c2ccc(S(=O)(=O)N3CCN(S(C)(=O)=O)CC3)nc2)c2ccc(F)cc21. The number of sulfonamides is 2. The number of fused-ring (bicyclic) bond motifs is 1. The van der Waals surface area contributed by atoms with Gasteiger partial charge < -0.3 is 4.74 Å². The van der Waals surface area contributed by atoms with E-state index in [0.29, 0.717) is 22.0 Å². The molecular formula is C23H27FN4O6S2. The molecule has 10 nitrogen and oxygen atoms in total. The van der Waals surface area contributed by atoms with Crippen molar-refractivity contribution in [3.05, 3.63) is 48.5 Å². The Morgan fingerprint density at radius 3 is 2.19 bits per heavy atom. The lowest BCUT2D eigenvalue weighted by Gasteiger charge is -2.32. The van der Waals surface area contributed by atoms with Crippen LogP contribution >= 0.6 is 0 Å². The van der Waals surface area contributed by atoms with Crippen LogP contribution in [-0.4, -0.2) is 79.1 Å². The number of halogens is 1. The Kier molecular flexibility index (Phi) is 6.71. The van der Waals surface area contributed by atoms with Crippen LogP contribution in [0.5, 0.6) is 0 Å². The number of nitrogens with zero attached hydrogens (tertiary/aromatic N) is 4. The minimum Gasteiger partial charge on any atom is -0.443 e. The summed E-state index contributed by atoms with van der Waals surface area (Å²) in [5, 5.41) is 0.387. The van der Waals surface area contributed by atoms with Gasteiger partial charge >= 0.3 is 6.09 Å². The van der Waals surface area contributed by atoms with Gasteiger partial charge in [0.15, 0.2) is 5.03 Å². The van der Waals surface area contributed by atoms with E-state index in [1.54, 1.807) is 26.8 Å². The first kappa shape index (κ1) is 26.2. The number of rotatable bonds is 4. The number of carbonyl (C=O) groups excluding carboxylic acids is 1. The first-order valence-corrected chi connectivity index (χ1v) is 14.4. The Bertz CT molecular complexity index is 1520. The molecule has 1 aromatic carbocycles.